The largest absolute Gasteiger partial charge is 0.453 e. The number of nitrogens with one attached hydrogen (secondary N) is 1. The number of aliphatic hydroxyl groups excluding tert-OH is 1. The summed E-state index contributed by atoms with van der Waals surface area (Å²) in [6.07, 6.45) is -8.03. The molecule has 0 fully saturated rings. The molecule has 0 bridgehead atoms. The maximum absolute atomic E-state index is 13.7. The number of carbonyl (C=O) groups is 2. The third-order valence-electron chi connectivity index (χ3n) is 6.36. The Hall–Kier alpha value is -3.02. The van der Waals surface area contributed by atoms with Gasteiger partial charge in [0.2, 0.25) is 0 Å². The molecule has 0 aliphatic carbocycles. The summed E-state index contributed by atoms with van der Waals surface area (Å²) in [5.41, 5.74) is -0.739. The summed E-state index contributed by atoms with van der Waals surface area (Å²) in [6, 6.07) is 6.51. The fourth-order valence-electron chi connectivity index (χ4n) is 3.93. The van der Waals surface area contributed by atoms with Crippen molar-refractivity contribution in [2.75, 3.05) is 7.11 Å². The summed E-state index contributed by atoms with van der Waals surface area (Å²) in [6.45, 7) is 2.79. The Kier molecular flexibility index (Phi) is 10.2. The first-order chi connectivity index (χ1) is 17.2. The van der Waals surface area contributed by atoms with Crippen molar-refractivity contribution >= 4 is 11.9 Å². The molecule has 0 saturated carbocycles. The highest BCUT2D eigenvalue weighted by atomic mass is 19.4. The molecule has 0 saturated heterocycles. The van der Waals surface area contributed by atoms with Crippen molar-refractivity contribution in [2.45, 2.75) is 71.3 Å². The normalized spacial score (nSPS) is 14.8. The van der Waals surface area contributed by atoms with Crippen LogP contribution in [0.25, 0.3) is 11.3 Å². The molecule has 12 heteroatoms. The van der Waals surface area contributed by atoms with Crippen molar-refractivity contribution in [3.05, 3.63) is 42.1 Å². The monoisotopic (exact) mass is 533 g/mol. The summed E-state index contributed by atoms with van der Waals surface area (Å²) in [5, 5.41) is 16.7. The van der Waals surface area contributed by atoms with Crippen molar-refractivity contribution in [3.8, 4) is 11.3 Å². The fraction of sp³-hybridized carbons (Fsp3) is 0.560. The van der Waals surface area contributed by atoms with E-state index in [0.29, 0.717) is 16.8 Å². The van der Waals surface area contributed by atoms with E-state index in [9.17, 15) is 36.6 Å². The van der Waals surface area contributed by atoms with Crippen LogP contribution in [0.3, 0.4) is 0 Å². The van der Waals surface area contributed by atoms with Gasteiger partial charge >= 0.3 is 12.3 Å². The van der Waals surface area contributed by atoms with E-state index in [4.69, 9.17) is 0 Å². The van der Waals surface area contributed by atoms with E-state index < -0.39 is 60.9 Å². The van der Waals surface area contributed by atoms with Gasteiger partial charge in [0.15, 0.2) is 5.78 Å². The van der Waals surface area contributed by atoms with Gasteiger partial charge in [0.1, 0.15) is 12.6 Å². The van der Waals surface area contributed by atoms with E-state index in [0.717, 1.165) is 25.6 Å². The van der Waals surface area contributed by atoms with Crippen molar-refractivity contribution in [2.24, 2.45) is 11.3 Å². The predicted octanol–water partition coefficient (Wildman–Crippen LogP) is 5.02. The zero-order valence-electron chi connectivity index (χ0n) is 21.1. The van der Waals surface area contributed by atoms with E-state index in [-0.39, 0.29) is 12.8 Å². The second-order valence-corrected chi connectivity index (χ2v) is 9.41. The van der Waals surface area contributed by atoms with Crippen LogP contribution in [0.2, 0.25) is 0 Å². The van der Waals surface area contributed by atoms with Crippen LogP contribution in [0, 0.1) is 11.3 Å². The Morgan fingerprint density at radius 2 is 1.76 bits per heavy atom. The standard InChI is InChI=1S/C25H32F5N3O4/c1-5-19(34)17(13-20(35)22(31-23(36)37-4)24(2,3)25(28,29)30)12-15-6-8-16(9-7-15)18-10-11-33(32-18)14-21(26)27/h6-11,17,19,21-22,34H,5,12-14H2,1-4H3,(H,31,36)/t17-,19+,22-/m1/s1. The van der Waals surface area contributed by atoms with Gasteiger partial charge < -0.3 is 15.2 Å². The van der Waals surface area contributed by atoms with E-state index in [2.05, 4.69) is 9.84 Å². The summed E-state index contributed by atoms with van der Waals surface area (Å²) in [7, 11) is 0.980. The van der Waals surface area contributed by atoms with E-state index in [1.54, 1.807) is 37.3 Å². The lowest BCUT2D eigenvalue weighted by molar-refractivity contribution is -0.220. The lowest BCUT2D eigenvalue weighted by Crippen LogP contribution is -2.56. The number of Topliss-reactive ketones (excluding diaryl/α,β-unsaturated/α-hetero) is 1. The number of carbonyl (C=O) groups excluding carboxylic acids is 2. The Morgan fingerprint density at radius 3 is 2.27 bits per heavy atom. The molecule has 0 aliphatic rings. The predicted molar refractivity (Wildman–Crippen MR) is 126 cm³/mol. The molecule has 0 unspecified atom stereocenters. The number of rotatable bonds is 12. The molecule has 7 nitrogen and oxygen atoms in total. The summed E-state index contributed by atoms with van der Waals surface area (Å²) in [5.74, 6) is -1.61. The van der Waals surface area contributed by atoms with Crippen LogP contribution in [0.5, 0.6) is 0 Å². The number of aliphatic hydroxyl groups is 1. The fourth-order valence-corrected chi connectivity index (χ4v) is 3.93. The molecule has 0 radical (unpaired) electrons. The summed E-state index contributed by atoms with van der Waals surface area (Å²) < 4.78 is 71.8. The number of ketones is 1. The van der Waals surface area contributed by atoms with Crippen molar-refractivity contribution in [1.82, 2.24) is 15.1 Å². The number of benzene rings is 1. The molecule has 1 aromatic heterocycles. The highest BCUT2D eigenvalue weighted by molar-refractivity contribution is 5.88. The van der Waals surface area contributed by atoms with Gasteiger partial charge in [-0.05, 0) is 44.2 Å². The van der Waals surface area contributed by atoms with Gasteiger partial charge in [0.05, 0.1) is 24.3 Å². The highest BCUT2D eigenvalue weighted by Crippen LogP contribution is 2.41. The average Bonchev–Trinajstić information content (AvgIpc) is 3.28. The van der Waals surface area contributed by atoms with E-state index in [1.807, 2.05) is 5.32 Å². The first kappa shape index (κ1) is 30.2. The first-order valence-electron chi connectivity index (χ1n) is 11.7. The Labute approximate surface area is 212 Å². The lowest BCUT2D eigenvalue weighted by atomic mass is 9.77. The maximum atomic E-state index is 13.7. The second-order valence-electron chi connectivity index (χ2n) is 9.41. The quantitative estimate of drug-likeness (QED) is 0.374. The van der Waals surface area contributed by atoms with E-state index >= 15 is 0 Å². The molecular formula is C25H32F5N3O4. The number of alkyl carbamates (subject to hydrolysis) is 1. The van der Waals surface area contributed by atoms with Crippen LogP contribution >= 0.6 is 0 Å². The number of amides is 1. The van der Waals surface area contributed by atoms with E-state index in [1.165, 1.54) is 6.20 Å². The molecule has 0 spiro atoms. The van der Waals surface area contributed by atoms with Gasteiger partial charge in [-0.2, -0.15) is 18.3 Å². The van der Waals surface area contributed by atoms with Crippen LogP contribution in [-0.4, -0.2) is 58.6 Å². The Morgan fingerprint density at radius 1 is 1.14 bits per heavy atom. The smallest absolute Gasteiger partial charge is 0.407 e. The average molecular weight is 534 g/mol. The van der Waals surface area contributed by atoms with Crippen LogP contribution < -0.4 is 5.32 Å². The molecule has 2 N–H and O–H groups in total. The molecule has 1 heterocycles. The number of halogens is 5. The molecule has 2 rings (SSSR count). The van der Waals surface area contributed by atoms with Crippen molar-refractivity contribution in [3.63, 3.8) is 0 Å². The van der Waals surface area contributed by atoms with Gasteiger partial charge in [-0.25, -0.2) is 13.6 Å². The van der Waals surface area contributed by atoms with Crippen LogP contribution in [0.4, 0.5) is 26.7 Å². The SMILES string of the molecule is CC[C@H](O)[C@@H](CC(=O)[C@@H](NC(=O)OC)C(C)(C)C(F)(F)F)Cc1ccc(-c2ccn(CC(F)F)n2)cc1. The summed E-state index contributed by atoms with van der Waals surface area (Å²) >= 11 is 0. The Bertz CT molecular complexity index is 1040. The number of methoxy groups -OCH3 is 1. The van der Waals surface area contributed by atoms with Crippen LogP contribution in [0.15, 0.2) is 36.5 Å². The number of alkyl halides is 5. The highest BCUT2D eigenvalue weighted by Gasteiger charge is 2.55. The molecule has 3 atom stereocenters. The van der Waals surface area contributed by atoms with Gasteiger partial charge in [-0.3, -0.25) is 9.48 Å². The zero-order valence-corrected chi connectivity index (χ0v) is 21.1. The molecule has 0 aliphatic heterocycles. The molecule has 1 amide bonds. The molecule has 1 aromatic carbocycles. The third-order valence-corrected chi connectivity index (χ3v) is 6.36. The van der Waals surface area contributed by atoms with Crippen molar-refractivity contribution in [1.29, 1.82) is 0 Å². The number of nitrogens with zero attached hydrogens (tertiary/aromatic N) is 2. The molecule has 206 valence electrons. The van der Waals surface area contributed by atoms with Gasteiger partial charge in [-0.15, -0.1) is 0 Å². The molecule has 37 heavy (non-hydrogen) atoms. The Balaban J connectivity index is 2.22. The minimum Gasteiger partial charge on any atom is -0.453 e. The number of aromatic nitrogens is 2. The third kappa shape index (κ3) is 7.98. The van der Waals surface area contributed by atoms with Crippen molar-refractivity contribution < 1.29 is 41.4 Å². The zero-order chi connectivity index (χ0) is 28.0. The topological polar surface area (TPSA) is 93.5 Å². The maximum Gasteiger partial charge on any atom is 0.407 e. The minimum atomic E-state index is -4.80. The minimum absolute atomic E-state index is 0.179. The number of hydrogen-bond acceptors (Lipinski definition) is 5. The first-order valence-corrected chi connectivity index (χ1v) is 11.7. The van der Waals surface area contributed by atoms with Crippen LogP contribution in [-0.2, 0) is 22.5 Å². The number of ether oxygens (including phenoxy) is 1. The van der Waals surface area contributed by atoms with Gasteiger partial charge in [0.25, 0.3) is 6.43 Å². The van der Waals surface area contributed by atoms with Crippen LogP contribution in [0.1, 0.15) is 39.2 Å². The van der Waals surface area contributed by atoms with Gasteiger partial charge in [0, 0.05) is 18.2 Å². The lowest BCUT2D eigenvalue weighted by Gasteiger charge is -2.36. The second kappa shape index (κ2) is 12.5. The summed E-state index contributed by atoms with van der Waals surface area (Å²) in [4.78, 5) is 24.8. The number of hydrogen-bond donors (Lipinski definition) is 2. The van der Waals surface area contributed by atoms with Gasteiger partial charge in [-0.1, -0.05) is 31.2 Å². The molecule has 2 aromatic rings. The molecular weight excluding hydrogens is 501 g/mol.